The van der Waals surface area contributed by atoms with Gasteiger partial charge >= 0.3 is 11.8 Å². The van der Waals surface area contributed by atoms with Crippen molar-refractivity contribution in [3.05, 3.63) is 34.9 Å². The summed E-state index contributed by atoms with van der Waals surface area (Å²) in [6.45, 7) is 5.11. The van der Waals surface area contributed by atoms with Crippen LogP contribution in [0.2, 0.25) is 0 Å². The smallest absolute Gasteiger partial charge is 0.412 e. The van der Waals surface area contributed by atoms with Crippen LogP contribution in [-0.2, 0) is 9.47 Å². The van der Waals surface area contributed by atoms with Gasteiger partial charge in [0, 0.05) is 11.8 Å². The summed E-state index contributed by atoms with van der Waals surface area (Å²) in [6, 6.07) is 1.38. The molecule has 0 saturated carbocycles. The molecule has 1 amide bonds. The Hall–Kier alpha value is -2.23. The first-order valence-corrected chi connectivity index (χ1v) is 6.64. The van der Waals surface area contributed by atoms with Gasteiger partial charge in [-0.25, -0.2) is 9.59 Å². The molecule has 9 nitrogen and oxygen atoms in total. The second-order valence-corrected chi connectivity index (χ2v) is 4.58. The first kappa shape index (κ1) is 16.1. The molecule has 1 saturated heterocycles. The minimum Gasteiger partial charge on any atom is -0.450 e. The zero-order valence-electron chi connectivity index (χ0n) is 11.9. The van der Waals surface area contributed by atoms with Gasteiger partial charge in [0.15, 0.2) is 6.23 Å². The number of rotatable bonds is 4. The fourth-order valence-corrected chi connectivity index (χ4v) is 2.03. The topological polar surface area (TPSA) is 123 Å². The molecule has 1 aromatic heterocycles. The fourth-order valence-electron chi connectivity index (χ4n) is 2.03. The zero-order valence-corrected chi connectivity index (χ0v) is 11.9. The Morgan fingerprint density at radius 3 is 2.91 bits per heavy atom. The van der Waals surface area contributed by atoms with Gasteiger partial charge in [0.25, 0.3) is 0 Å². The van der Waals surface area contributed by atoms with Crippen molar-refractivity contribution in [3.8, 4) is 0 Å². The molecule has 0 unspecified atom stereocenters. The average Bonchev–Trinajstić information content (AvgIpc) is 2.75. The van der Waals surface area contributed by atoms with Gasteiger partial charge in [-0.2, -0.15) is 4.98 Å². The van der Waals surface area contributed by atoms with Gasteiger partial charge in [0.2, 0.25) is 0 Å². The number of aliphatic hydroxyl groups excluding tert-OH is 2. The molecule has 1 aliphatic heterocycles. The van der Waals surface area contributed by atoms with Crippen LogP contribution in [0.15, 0.2) is 29.2 Å². The minimum absolute atomic E-state index is 0.0302. The van der Waals surface area contributed by atoms with E-state index >= 15 is 0 Å². The van der Waals surface area contributed by atoms with Crippen LogP contribution in [0.25, 0.3) is 0 Å². The summed E-state index contributed by atoms with van der Waals surface area (Å²) in [7, 11) is 0. The quantitative estimate of drug-likeness (QED) is 0.648. The highest BCUT2D eigenvalue weighted by molar-refractivity contribution is 5.83. The predicted molar refractivity (Wildman–Crippen MR) is 75.3 cm³/mol. The van der Waals surface area contributed by atoms with E-state index in [0.29, 0.717) is 0 Å². The van der Waals surface area contributed by atoms with E-state index in [0.717, 1.165) is 4.57 Å². The third-order valence-electron chi connectivity index (χ3n) is 3.12. The minimum atomic E-state index is -1.07. The molecule has 9 heteroatoms. The van der Waals surface area contributed by atoms with Gasteiger partial charge in [-0.05, 0) is 13.0 Å². The van der Waals surface area contributed by atoms with Crippen molar-refractivity contribution in [3.63, 3.8) is 0 Å². The first-order chi connectivity index (χ1) is 10.5. The Bertz CT molecular complexity index is 628. The van der Waals surface area contributed by atoms with Crippen molar-refractivity contribution < 1.29 is 24.5 Å². The van der Waals surface area contributed by atoms with E-state index in [1.807, 2.05) is 0 Å². The summed E-state index contributed by atoms with van der Waals surface area (Å²) < 4.78 is 11.2. The van der Waals surface area contributed by atoms with Crippen LogP contribution in [0.4, 0.5) is 10.6 Å². The normalized spacial score (nSPS) is 24.3. The molecule has 1 aliphatic rings. The van der Waals surface area contributed by atoms with Crippen molar-refractivity contribution in [1.82, 2.24) is 9.55 Å². The number of hydrogen-bond donors (Lipinski definition) is 3. The van der Waals surface area contributed by atoms with Crippen molar-refractivity contribution in [2.45, 2.75) is 25.4 Å². The largest absolute Gasteiger partial charge is 0.450 e. The molecule has 1 fully saturated rings. The van der Waals surface area contributed by atoms with Crippen LogP contribution in [0.1, 0.15) is 13.2 Å². The van der Waals surface area contributed by atoms with Gasteiger partial charge in [0.05, 0.1) is 13.2 Å². The Balaban J connectivity index is 2.19. The maximum absolute atomic E-state index is 12.0. The maximum Gasteiger partial charge on any atom is 0.412 e. The zero-order chi connectivity index (χ0) is 16.3. The average molecular weight is 311 g/mol. The summed E-state index contributed by atoms with van der Waals surface area (Å²) in [4.78, 5) is 26.9. The molecule has 0 radical (unpaired) electrons. The van der Waals surface area contributed by atoms with Crippen molar-refractivity contribution in [2.75, 3.05) is 18.5 Å². The lowest BCUT2D eigenvalue weighted by atomic mass is 10.1. The number of hydrogen-bond acceptors (Lipinski definition) is 7. The number of anilines is 1. The summed E-state index contributed by atoms with van der Waals surface area (Å²) in [5.41, 5.74) is -0.458. The van der Waals surface area contributed by atoms with Gasteiger partial charge in [-0.3, -0.25) is 9.88 Å². The van der Waals surface area contributed by atoms with E-state index < -0.39 is 36.8 Å². The van der Waals surface area contributed by atoms with Gasteiger partial charge < -0.3 is 19.7 Å². The molecular weight excluding hydrogens is 294 g/mol. The Kier molecular flexibility index (Phi) is 4.91. The molecule has 3 atom stereocenters. The number of aromatic nitrogens is 2. The highest BCUT2D eigenvalue weighted by atomic mass is 16.5. The van der Waals surface area contributed by atoms with Gasteiger partial charge in [-0.15, -0.1) is 0 Å². The Labute approximate surface area is 125 Å². The lowest BCUT2D eigenvalue weighted by molar-refractivity contribution is -0.0447. The molecular formula is C13H17N3O6. The molecule has 22 heavy (non-hydrogen) atoms. The van der Waals surface area contributed by atoms with Crippen LogP contribution in [-0.4, -0.2) is 51.3 Å². The third kappa shape index (κ3) is 3.16. The first-order valence-electron chi connectivity index (χ1n) is 6.64. The molecule has 0 aliphatic carbocycles. The summed E-state index contributed by atoms with van der Waals surface area (Å²) in [5, 5.41) is 21.2. The number of carbonyl (C=O) groups is 1. The van der Waals surface area contributed by atoms with Crippen LogP contribution < -0.4 is 11.0 Å². The third-order valence-corrected chi connectivity index (χ3v) is 3.12. The van der Waals surface area contributed by atoms with E-state index in [4.69, 9.17) is 9.84 Å². The fraction of sp³-hybridized carbons (Fsp3) is 0.462. The number of nitrogens with zero attached hydrogens (tertiary/aromatic N) is 2. The molecule has 0 spiro atoms. The van der Waals surface area contributed by atoms with Gasteiger partial charge in [0.1, 0.15) is 18.0 Å². The number of nitrogens with one attached hydrogen (secondary N) is 1. The highest BCUT2D eigenvalue weighted by Gasteiger charge is 2.38. The second kappa shape index (κ2) is 6.69. The lowest BCUT2D eigenvalue weighted by Gasteiger charge is -2.15. The molecule has 120 valence electrons. The molecule has 2 rings (SSSR count). The van der Waals surface area contributed by atoms with Crippen LogP contribution in [0, 0.1) is 0 Å². The predicted octanol–water partition coefficient (Wildman–Crippen LogP) is -0.382. The maximum atomic E-state index is 12.0. The SMILES string of the molecule is C=C1[C@H](n2ccc(NC(=O)OCC)nc2=O)O[C@H](CO)[C@H]1O. The van der Waals surface area contributed by atoms with Crippen molar-refractivity contribution in [1.29, 1.82) is 0 Å². The highest BCUT2D eigenvalue weighted by Crippen LogP contribution is 2.31. The second-order valence-electron chi connectivity index (χ2n) is 4.58. The standard InChI is InChI=1S/C13H17N3O6/c1-3-21-13(20)15-9-4-5-16(12(19)14-9)11-7(2)10(18)8(6-17)22-11/h4-5,8,10-11,17-18H,2-3,6H2,1H3,(H,14,15,19,20)/t8-,10+,11-/m1/s1. The van der Waals surface area contributed by atoms with Crippen LogP contribution >= 0.6 is 0 Å². The number of aliphatic hydroxyl groups is 2. The van der Waals surface area contributed by atoms with E-state index in [1.165, 1.54) is 12.3 Å². The number of carbonyl (C=O) groups excluding carboxylic acids is 1. The van der Waals surface area contributed by atoms with E-state index in [2.05, 4.69) is 21.6 Å². The molecule has 2 heterocycles. The van der Waals surface area contributed by atoms with Crippen molar-refractivity contribution in [2.24, 2.45) is 0 Å². The number of ether oxygens (including phenoxy) is 2. The molecule has 3 N–H and O–H groups in total. The number of amides is 1. The summed E-state index contributed by atoms with van der Waals surface area (Å²) in [6.07, 6.45) is -2.21. The van der Waals surface area contributed by atoms with E-state index in [9.17, 15) is 14.7 Å². The summed E-state index contributed by atoms with van der Waals surface area (Å²) in [5.74, 6) is 0.0302. The van der Waals surface area contributed by atoms with E-state index in [-0.39, 0.29) is 18.0 Å². The van der Waals surface area contributed by atoms with Gasteiger partial charge in [-0.1, -0.05) is 6.58 Å². The summed E-state index contributed by atoms with van der Waals surface area (Å²) >= 11 is 0. The van der Waals surface area contributed by atoms with Crippen molar-refractivity contribution >= 4 is 11.9 Å². The molecule has 0 bridgehead atoms. The Morgan fingerprint density at radius 2 is 2.36 bits per heavy atom. The van der Waals surface area contributed by atoms with E-state index in [1.54, 1.807) is 6.92 Å². The lowest BCUT2D eigenvalue weighted by Crippen LogP contribution is -2.29. The monoisotopic (exact) mass is 311 g/mol. The molecule has 0 aromatic carbocycles. The van der Waals surface area contributed by atoms with Crippen LogP contribution in [0.5, 0.6) is 0 Å². The van der Waals surface area contributed by atoms with Crippen LogP contribution in [0.3, 0.4) is 0 Å². The molecule has 1 aromatic rings. The Morgan fingerprint density at radius 1 is 1.64 bits per heavy atom.